The summed E-state index contributed by atoms with van der Waals surface area (Å²) >= 11 is 0. The Morgan fingerprint density at radius 3 is 2.70 bits per heavy atom. The smallest absolute Gasteiger partial charge is 0.323 e. The fourth-order valence-electron chi connectivity index (χ4n) is 3.40. The molecule has 2 aliphatic heterocycles. The van der Waals surface area contributed by atoms with Gasteiger partial charge in [0.15, 0.2) is 0 Å². The maximum Gasteiger partial charge on any atom is 0.323 e. The Labute approximate surface area is 135 Å². The molecule has 1 aromatic carbocycles. The third-order valence-electron chi connectivity index (χ3n) is 4.69. The Morgan fingerprint density at radius 1 is 1.26 bits per heavy atom. The van der Waals surface area contributed by atoms with Crippen LogP contribution in [0.1, 0.15) is 24.0 Å². The number of hydrogen-bond donors (Lipinski definition) is 1. The Balaban J connectivity index is 1.80. The number of carbonyl (C=O) groups excluding carboxylic acids is 2. The SMILES string of the molecule is COC(=O)C1Cc2ccc(O)cc2CN1CC(=O)N1CCCC1. The van der Waals surface area contributed by atoms with E-state index in [9.17, 15) is 14.7 Å². The highest BCUT2D eigenvalue weighted by Crippen LogP contribution is 2.27. The van der Waals surface area contributed by atoms with E-state index < -0.39 is 6.04 Å². The summed E-state index contributed by atoms with van der Waals surface area (Å²) in [5.41, 5.74) is 1.97. The number of esters is 1. The maximum atomic E-state index is 12.4. The van der Waals surface area contributed by atoms with Gasteiger partial charge in [0.1, 0.15) is 11.8 Å². The number of carbonyl (C=O) groups is 2. The number of hydrogen-bond acceptors (Lipinski definition) is 5. The number of amides is 1. The normalized spacial score (nSPS) is 21.1. The van der Waals surface area contributed by atoms with E-state index in [1.807, 2.05) is 15.9 Å². The summed E-state index contributed by atoms with van der Waals surface area (Å²) in [5.74, 6) is -0.0657. The molecule has 6 nitrogen and oxygen atoms in total. The van der Waals surface area contributed by atoms with Crippen molar-refractivity contribution in [3.05, 3.63) is 29.3 Å². The van der Waals surface area contributed by atoms with Crippen molar-refractivity contribution in [2.75, 3.05) is 26.7 Å². The van der Waals surface area contributed by atoms with Crippen molar-refractivity contribution in [1.29, 1.82) is 0 Å². The van der Waals surface area contributed by atoms with Crippen molar-refractivity contribution < 1.29 is 19.4 Å². The average molecular weight is 318 g/mol. The number of likely N-dealkylation sites (tertiary alicyclic amines) is 1. The van der Waals surface area contributed by atoms with Gasteiger partial charge in [0.25, 0.3) is 0 Å². The van der Waals surface area contributed by atoms with Crippen LogP contribution in [-0.2, 0) is 27.3 Å². The monoisotopic (exact) mass is 318 g/mol. The van der Waals surface area contributed by atoms with E-state index >= 15 is 0 Å². The van der Waals surface area contributed by atoms with Crippen molar-refractivity contribution >= 4 is 11.9 Å². The molecule has 124 valence electrons. The highest BCUT2D eigenvalue weighted by Gasteiger charge is 2.34. The molecule has 0 radical (unpaired) electrons. The second-order valence-corrected chi connectivity index (χ2v) is 6.19. The summed E-state index contributed by atoms with van der Waals surface area (Å²) in [5, 5.41) is 9.66. The van der Waals surface area contributed by atoms with Crippen molar-refractivity contribution in [2.45, 2.75) is 31.8 Å². The third kappa shape index (κ3) is 3.32. The van der Waals surface area contributed by atoms with Gasteiger partial charge in [-0.1, -0.05) is 6.07 Å². The number of nitrogens with zero attached hydrogens (tertiary/aromatic N) is 2. The van der Waals surface area contributed by atoms with Gasteiger partial charge in [-0.15, -0.1) is 0 Å². The summed E-state index contributed by atoms with van der Waals surface area (Å²) in [6.07, 6.45) is 2.58. The molecule has 0 bridgehead atoms. The first-order valence-corrected chi connectivity index (χ1v) is 7.99. The minimum absolute atomic E-state index is 0.0556. The van der Waals surface area contributed by atoms with Gasteiger partial charge in [0.2, 0.25) is 5.91 Å². The number of rotatable bonds is 3. The zero-order valence-corrected chi connectivity index (χ0v) is 13.3. The first-order valence-electron chi connectivity index (χ1n) is 7.99. The van der Waals surface area contributed by atoms with Crippen molar-refractivity contribution in [3.8, 4) is 5.75 Å². The number of phenols is 1. The van der Waals surface area contributed by atoms with Gasteiger partial charge in [-0.05, 0) is 42.5 Å². The Hall–Kier alpha value is -2.08. The molecule has 2 aliphatic rings. The van der Waals surface area contributed by atoms with Crippen LogP contribution in [0.15, 0.2) is 18.2 Å². The van der Waals surface area contributed by atoms with Crippen LogP contribution in [0.25, 0.3) is 0 Å². The first-order chi connectivity index (χ1) is 11.1. The van der Waals surface area contributed by atoms with E-state index in [-0.39, 0.29) is 24.2 Å². The minimum Gasteiger partial charge on any atom is -0.508 e. The summed E-state index contributed by atoms with van der Waals surface area (Å²) in [7, 11) is 1.37. The highest BCUT2D eigenvalue weighted by atomic mass is 16.5. The average Bonchev–Trinajstić information content (AvgIpc) is 3.08. The molecule has 1 atom stereocenters. The molecular weight excluding hydrogens is 296 g/mol. The molecule has 0 aliphatic carbocycles. The molecule has 1 fully saturated rings. The molecule has 2 heterocycles. The Bertz CT molecular complexity index is 611. The molecule has 3 rings (SSSR count). The quantitative estimate of drug-likeness (QED) is 0.839. The van der Waals surface area contributed by atoms with E-state index in [0.717, 1.165) is 37.1 Å². The highest BCUT2D eigenvalue weighted by molar-refractivity contribution is 5.81. The fraction of sp³-hybridized carbons (Fsp3) is 0.529. The number of ether oxygens (including phenoxy) is 1. The van der Waals surface area contributed by atoms with Crippen LogP contribution in [0.2, 0.25) is 0 Å². The predicted octanol–water partition coefficient (Wildman–Crippen LogP) is 0.914. The lowest BCUT2D eigenvalue weighted by Gasteiger charge is -2.35. The van der Waals surface area contributed by atoms with Crippen LogP contribution in [0.5, 0.6) is 5.75 Å². The van der Waals surface area contributed by atoms with Gasteiger partial charge in [-0.3, -0.25) is 14.5 Å². The summed E-state index contributed by atoms with van der Waals surface area (Å²) in [4.78, 5) is 28.3. The van der Waals surface area contributed by atoms with Gasteiger partial charge >= 0.3 is 5.97 Å². The van der Waals surface area contributed by atoms with E-state index in [0.29, 0.717) is 13.0 Å². The topological polar surface area (TPSA) is 70.1 Å². The third-order valence-corrected chi connectivity index (χ3v) is 4.69. The number of phenolic OH excluding ortho intramolecular Hbond substituents is 1. The molecule has 23 heavy (non-hydrogen) atoms. The van der Waals surface area contributed by atoms with Gasteiger partial charge in [-0.2, -0.15) is 0 Å². The minimum atomic E-state index is -0.455. The predicted molar refractivity (Wildman–Crippen MR) is 83.8 cm³/mol. The van der Waals surface area contributed by atoms with E-state index in [1.165, 1.54) is 7.11 Å². The van der Waals surface area contributed by atoms with Crippen LogP contribution in [0.3, 0.4) is 0 Å². The molecule has 1 amide bonds. The first kappa shape index (κ1) is 15.8. The fourth-order valence-corrected chi connectivity index (χ4v) is 3.40. The number of fused-ring (bicyclic) bond motifs is 1. The summed E-state index contributed by atoms with van der Waals surface area (Å²) in [6, 6.07) is 4.71. The van der Waals surface area contributed by atoms with Crippen molar-refractivity contribution in [3.63, 3.8) is 0 Å². The molecule has 1 unspecified atom stereocenters. The second kappa shape index (κ2) is 6.58. The lowest BCUT2D eigenvalue weighted by molar-refractivity contribution is -0.148. The zero-order chi connectivity index (χ0) is 16.4. The van der Waals surface area contributed by atoms with E-state index in [1.54, 1.807) is 12.1 Å². The van der Waals surface area contributed by atoms with Gasteiger partial charge in [0.05, 0.1) is 13.7 Å². The van der Waals surface area contributed by atoms with E-state index in [4.69, 9.17) is 4.74 Å². The molecule has 0 spiro atoms. The molecule has 6 heteroatoms. The molecule has 0 saturated carbocycles. The Morgan fingerprint density at radius 2 is 2.00 bits per heavy atom. The van der Waals surface area contributed by atoms with Crippen molar-refractivity contribution in [2.24, 2.45) is 0 Å². The van der Waals surface area contributed by atoms with Crippen LogP contribution in [0, 0.1) is 0 Å². The maximum absolute atomic E-state index is 12.4. The lowest BCUT2D eigenvalue weighted by Crippen LogP contribution is -2.50. The zero-order valence-electron chi connectivity index (χ0n) is 13.3. The number of benzene rings is 1. The molecule has 0 aromatic heterocycles. The van der Waals surface area contributed by atoms with Gasteiger partial charge in [-0.25, -0.2) is 0 Å². The Kier molecular flexibility index (Phi) is 4.52. The van der Waals surface area contributed by atoms with Gasteiger partial charge in [0, 0.05) is 19.6 Å². The summed E-state index contributed by atoms with van der Waals surface area (Å²) < 4.78 is 4.91. The summed E-state index contributed by atoms with van der Waals surface area (Å²) in [6.45, 7) is 2.26. The van der Waals surface area contributed by atoms with Crippen molar-refractivity contribution in [1.82, 2.24) is 9.80 Å². The molecule has 1 N–H and O–H groups in total. The van der Waals surface area contributed by atoms with Crippen LogP contribution >= 0.6 is 0 Å². The lowest BCUT2D eigenvalue weighted by atomic mass is 9.93. The standard InChI is InChI=1S/C17H22N2O4/c1-23-17(22)15-9-12-4-5-14(20)8-13(12)10-19(15)11-16(21)18-6-2-3-7-18/h4-5,8,15,20H,2-3,6-7,9-11H2,1H3. The molecule has 1 saturated heterocycles. The van der Waals surface area contributed by atoms with Gasteiger partial charge < -0.3 is 14.7 Å². The molecule has 1 aromatic rings. The largest absolute Gasteiger partial charge is 0.508 e. The number of methoxy groups -OCH3 is 1. The number of aromatic hydroxyl groups is 1. The van der Waals surface area contributed by atoms with Crippen LogP contribution in [-0.4, -0.2) is 59.6 Å². The second-order valence-electron chi connectivity index (χ2n) is 6.19. The van der Waals surface area contributed by atoms with Crippen LogP contribution in [0.4, 0.5) is 0 Å². The van der Waals surface area contributed by atoms with Crippen LogP contribution < -0.4 is 0 Å². The molecular formula is C17H22N2O4. The van der Waals surface area contributed by atoms with E-state index in [2.05, 4.69) is 0 Å².